The van der Waals surface area contributed by atoms with E-state index < -0.39 is 26.7 Å². The van der Waals surface area contributed by atoms with Crippen molar-refractivity contribution in [2.45, 2.75) is 24.0 Å². The van der Waals surface area contributed by atoms with Crippen LogP contribution < -0.4 is 4.31 Å². The van der Waals surface area contributed by atoms with Crippen molar-refractivity contribution >= 4 is 21.7 Å². The first kappa shape index (κ1) is 14.8. The number of benzene rings is 1. The summed E-state index contributed by atoms with van der Waals surface area (Å²) in [6.07, 6.45) is 7.39. The summed E-state index contributed by atoms with van der Waals surface area (Å²) in [4.78, 5) is 11.4. The molecule has 5 nitrogen and oxygen atoms in total. The maximum Gasteiger partial charge on any atom is 0.312 e. The van der Waals surface area contributed by atoms with Crippen molar-refractivity contribution in [3.05, 3.63) is 54.1 Å². The molecule has 1 N–H and O–H groups in total. The van der Waals surface area contributed by atoms with Crippen LogP contribution in [0.1, 0.15) is 24.8 Å². The van der Waals surface area contributed by atoms with Gasteiger partial charge >= 0.3 is 5.97 Å². The quantitative estimate of drug-likeness (QED) is 0.927. The fourth-order valence-corrected chi connectivity index (χ4v) is 4.79. The molecule has 0 bridgehead atoms. The topological polar surface area (TPSA) is 74.7 Å². The van der Waals surface area contributed by atoms with Crippen molar-refractivity contribution in [2.24, 2.45) is 0 Å². The minimum absolute atomic E-state index is 0.0514. The molecule has 0 saturated heterocycles. The summed E-state index contributed by atoms with van der Waals surface area (Å²) in [5.41, 5.74) is 1.02. The third-order valence-corrected chi connectivity index (χ3v) is 6.73. The van der Waals surface area contributed by atoms with Crippen LogP contribution in [-0.2, 0) is 14.8 Å². The van der Waals surface area contributed by atoms with Crippen molar-refractivity contribution in [3.8, 4) is 0 Å². The summed E-state index contributed by atoms with van der Waals surface area (Å²) in [7, 11) is -3.71. The summed E-state index contributed by atoms with van der Waals surface area (Å²) >= 11 is 0. The number of nitrogens with zero attached hydrogens (tertiary/aromatic N) is 1. The molecule has 3 rings (SSSR count). The van der Waals surface area contributed by atoms with E-state index in [1.165, 1.54) is 4.31 Å². The van der Waals surface area contributed by atoms with Crippen LogP contribution >= 0.6 is 0 Å². The molecule has 2 aliphatic rings. The summed E-state index contributed by atoms with van der Waals surface area (Å²) in [6, 6.07) is 6.81. The van der Waals surface area contributed by atoms with Gasteiger partial charge in [0.15, 0.2) is 0 Å². The molecule has 1 aromatic carbocycles. The number of para-hydroxylation sites is 1. The second kappa shape index (κ2) is 4.98. The van der Waals surface area contributed by atoms with Gasteiger partial charge in [0.1, 0.15) is 10.7 Å². The molecule has 0 fully saturated rings. The Labute approximate surface area is 129 Å². The van der Waals surface area contributed by atoms with Gasteiger partial charge in [-0.15, -0.1) is 0 Å². The molecule has 0 amide bonds. The van der Waals surface area contributed by atoms with Crippen LogP contribution in [0.25, 0.3) is 0 Å². The number of aliphatic carboxylic acids is 1. The molecule has 0 radical (unpaired) electrons. The lowest BCUT2D eigenvalue weighted by Crippen LogP contribution is -2.45. The fourth-order valence-electron chi connectivity index (χ4n) is 2.96. The molecule has 1 aliphatic heterocycles. The van der Waals surface area contributed by atoms with Crippen LogP contribution in [0.3, 0.4) is 0 Å². The number of allylic oxidation sites excluding steroid dienone is 3. The zero-order valence-corrected chi connectivity index (χ0v) is 13.0. The number of hydrogen-bond acceptors (Lipinski definition) is 3. The first-order chi connectivity index (χ1) is 10.4. The van der Waals surface area contributed by atoms with Crippen molar-refractivity contribution in [3.63, 3.8) is 0 Å². The highest BCUT2D eigenvalue weighted by Crippen LogP contribution is 2.42. The molecule has 1 heterocycles. The molecule has 2 atom stereocenters. The molecule has 116 valence electrons. The Kier molecular flexibility index (Phi) is 3.36. The zero-order valence-electron chi connectivity index (χ0n) is 12.1. The van der Waals surface area contributed by atoms with E-state index in [-0.39, 0.29) is 6.54 Å². The largest absolute Gasteiger partial charge is 0.481 e. The Morgan fingerprint density at radius 1 is 1.32 bits per heavy atom. The van der Waals surface area contributed by atoms with Crippen LogP contribution in [0.15, 0.2) is 48.6 Å². The van der Waals surface area contributed by atoms with E-state index in [1.807, 2.05) is 12.2 Å². The summed E-state index contributed by atoms with van der Waals surface area (Å²) in [5, 5.41) is 9.37. The minimum Gasteiger partial charge on any atom is -0.481 e. The Bertz CT molecular complexity index is 781. The average molecular weight is 319 g/mol. The molecule has 1 aliphatic carbocycles. The smallest absolute Gasteiger partial charge is 0.312 e. The zero-order chi connectivity index (χ0) is 16.0. The number of rotatable bonds is 3. The maximum absolute atomic E-state index is 13.1. The first-order valence-electron chi connectivity index (χ1n) is 7.05. The molecule has 0 spiro atoms. The van der Waals surface area contributed by atoms with Gasteiger partial charge in [-0.2, -0.15) is 0 Å². The van der Waals surface area contributed by atoms with Crippen LogP contribution in [-0.4, -0.2) is 30.8 Å². The number of carbonyl (C=O) groups is 1. The van der Waals surface area contributed by atoms with Gasteiger partial charge < -0.3 is 5.11 Å². The van der Waals surface area contributed by atoms with E-state index in [9.17, 15) is 18.3 Å². The normalized spacial score (nSPS) is 27.0. The van der Waals surface area contributed by atoms with Gasteiger partial charge in [-0.1, -0.05) is 42.5 Å². The third-order valence-electron chi connectivity index (χ3n) is 4.33. The van der Waals surface area contributed by atoms with E-state index in [2.05, 4.69) is 0 Å². The molecule has 0 saturated carbocycles. The van der Waals surface area contributed by atoms with E-state index in [1.54, 1.807) is 43.3 Å². The van der Waals surface area contributed by atoms with Gasteiger partial charge in [0, 0.05) is 0 Å². The Balaban J connectivity index is 2.08. The summed E-state index contributed by atoms with van der Waals surface area (Å²) in [6.45, 7) is 1.61. The van der Waals surface area contributed by atoms with Crippen molar-refractivity contribution in [1.29, 1.82) is 0 Å². The number of carboxylic acids is 1. The van der Waals surface area contributed by atoms with E-state index >= 15 is 0 Å². The molecule has 6 heteroatoms. The maximum atomic E-state index is 13.1. The number of carboxylic acid groups (broad SMARTS) is 1. The lowest BCUT2D eigenvalue weighted by Gasteiger charge is -2.32. The molecule has 0 aromatic heterocycles. The lowest BCUT2D eigenvalue weighted by atomic mass is 10.0. The molecule has 22 heavy (non-hydrogen) atoms. The lowest BCUT2D eigenvalue weighted by molar-refractivity contribution is -0.138. The number of anilines is 1. The number of hydrogen-bond donors (Lipinski definition) is 1. The van der Waals surface area contributed by atoms with Crippen LogP contribution in [0.4, 0.5) is 5.69 Å². The highest BCUT2D eigenvalue weighted by molar-refractivity contribution is 7.94. The Morgan fingerprint density at radius 3 is 2.68 bits per heavy atom. The fraction of sp³-hybridized carbons (Fsp3) is 0.312. The molecular weight excluding hydrogens is 302 g/mol. The predicted molar refractivity (Wildman–Crippen MR) is 84.4 cm³/mol. The summed E-state index contributed by atoms with van der Waals surface area (Å²) < 4.78 is 26.4. The van der Waals surface area contributed by atoms with E-state index in [0.717, 1.165) is 0 Å². The van der Waals surface area contributed by atoms with Gasteiger partial charge in [0.25, 0.3) is 0 Å². The van der Waals surface area contributed by atoms with Crippen LogP contribution in [0.2, 0.25) is 0 Å². The highest BCUT2D eigenvalue weighted by Gasteiger charge is 2.46. The van der Waals surface area contributed by atoms with Crippen molar-refractivity contribution in [1.82, 2.24) is 0 Å². The van der Waals surface area contributed by atoms with Gasteiger partial charge in [-0.25, -0.2) is 8.42 Å². The summed E-state index contributed by atoms with van der Waals surface area (Å²) in [5.74, 6) is -1.83. The SMILES string of the molecule is CC1(S(=O)(=O)N2CC(C(=O)O)c3ccccc32)C=CC=CC1. The van der Waals surface area contributed by atoms with E-state index in [0.29, 0.717) is 17.7 Å². The van der Waals surface area contributed by atoms with E-state index in [4.69, 9.17) is 0 Å². The second-order valence-corrected chi connectivity index (χ2v) is 8.11. The molecule has 1 aromatic rings. The van der Waals surface area contributed by atoms with Gasteiger partial charge in [0.05, 0.1) is 12.2 Å². The van der Waals surface area contributed by atoms with Crippen LogP contribution in [0, 0.1) is 0 Å². The number of sulfonamides is 1. The Hall–Kier alpha value is -2.08. The first-order valence-corrected chi connectivity index (χ1v) is 8.49. The van der Waals surface area contributed by atoms with Crippen LogP contribution in [0.5, 0.6) is 0 Å². The van der Waals surface area contributed by atoms with Gasteiger partial charge in [-0.3, -0.25) is 9.10 Å². The minimum atomic E-state index is -3.71. The highest BCUT2D eigenvalue weighted by atomic mass is 32.2. The number of fused-ring (bicyclic) bond motifs is 1. The van der Waals surface area contributed by atoms with Gasteiger partial charge in [0.2, 0.25) is 10.0 Å². The predicted octanol–water partition coefficient (Wildman–Crippen LogP) is 2.28. The van der Waals surface area contributed by atoms with Crippen molar-refractivity contribution < 1.29 is 18.3 Å². The van der Waals surface area contributed by atoms with Crippen molar-refractivity contribution in [2.75, 3.05) is 10.8 Å². The molecular formula is C16H17NO4S. The third kappa shape index (κ3) is 2.06. The Morgan fingerprint density at radius 2 is 2.05 bits per heavy atom. The average Bonchev–Trinajstić information content (AvgIpc) is 2.88. The standard InChI is InChI=1S/C16H17NO4S/c1-16(9-5-2-6-10-16)22(20,21)17-11-13(15(18)19)12-7-3-4-8-14(12)17/h2-9,13H,10-11H2,1H3,(H,18,19). The monoisotopic (exact) mass is 319 g/mol. The second-order valence-electron chi connectivity index (χ2n) is 5.79. The molecule has 2 unspecified atom stereocenters. The van der Waals surface area contributed by atoms with Gasteiger partial charge in [-0.05, 0) is 25.0 Å².